The fourth-order valence-corrected chi connectivity index (χ4v) is 4.77. The molecule has 3 unspecified atom stereocenters. The lowest BCUT2D eigenvalue weighted by Crippen LogP contribution is -2.56. The highest BCUT2D eigenvalue weighted by molar-refractivity contribution is 5.81. The zero-order chi connectivity index (χ0) is 15.4. The van der Waals surface area contributed by atoms with E-state index in [-0.39, 0.29) is 35.5 Å². The average molecular weight is 294 g/mol. The summed E-state index contributed by atoms with van der Waals surface area (Å²) >= 11 is 0. The van der Waals surface area contributed by atoms with Gasteiger partial charge in [0.1, 0.15) is 6.54 Å². The lowest BCUT2D eigenvalue weighted by molar-refractivity contribution is -0.137. The van der Waals surface area contributed by atoms with Gasteiger partial charge in [-0.2, -0.15) is 0 Å². The van der Waals surface area contributed by atoms with E-state index in [4.69, 9.17) is 5.11 Å². The summed E-state index contributed by atoms with van der Waals surface area (Å²) < 4.78 is 0. The molecule has 0 aromatic heterocycles. The number of carbonyl (C=O) groups excluding carboxylic acids is 1. The Kier molecular flexibility index (Phi) is 3.22. The van der Waals surface area contributed by atoms with E-state index in [1.165, 1.54) is 17.7 Å². The van der Waals surface area contributed by atoms with Crippen LogP contribution >= 0.6 is 0 Å². The highest BCUT2D eigenvalue weighted by atomic mass is 16.4. The number of rotatable bonds is 4. The molecular weight excluding hydrogens is 268 g/mol. The van der Waals surface area contributed by atoms with Crippen molar-refractivity contribution in [3.63, 3.8) is 0 Å². The minimum absolute atomic E-state index is 0.0983. The van der Waals surface area contributed by atoms with Crippen LogP contribution < -0.4 is 5.32 Å². The summed E-state index contributed by atoms with van der Waals surface area (Å²) in [5, 5.41) is 12.2. The van der Waals surface area contributed by atoms with Gasteiger partial charge >= 0.3 is 12.0 Å². The molecule has 3 saturated carbocycles. The van der Waals surface area contributed by atoms with Gasteiger partial charge in [-0.25, -0.2) is 4.79 Å². The van der Waals surface area contributed by atoms with E-state index in [0.29, 0.717) is 5.92 Å². The van der Waals surface area contributed by atoms with Crippen LogP contribution in [0, 0.1) is 16.7 Å². The molecule has 2 amide bonds. The summed E-state index contributed by atoms with van der Waals surface area (Å²) in [4.78, 5) is 25.1. The number of hydrogen-bond acceptors (Lipinski definition) is 2. The summed E-state index contributed by atoms with van der Waals surface area (Å²) in [5.74, 6) is -0.267. The summed E-state index contributed by atoms with van der Waals surface area (Å²) in [5.41, 5.74) is 0.267. The molecule has 3 rings (SSSR count). The number of carboxylic acid groups (broad SMARTS) is 1. The second kappa shape index (κ2) is 4.62. The Balaban J connectivity index is 1.73. The molecule has 5 nitrogen and oxygen atoms in total. The molecule has 3 aliphatic carbocycles. The van der Waals surface area contributed by atoms with Crippen molar-refractivity contribution in [2.24, 2.45) is 16.7 Å². The first-order chi connectivity index (χ1) is 9.74. The van der Waals surface area contributed by atoms with E-state index in [1.54, 1.807) is 0 Å². The number of hydrogen-bond donors (Lipinski definition) is 2. The molecule has 0 aromatic rings. The minimum Gasteiger partial charge on any atom is -0.480 e. The molecule has 3 atom stereocenters. The Morgan fingerprint density at radius 3 is 2.38 bits per heavy atom. The van der Waals surface area contributed by atoms with Crippen LogP contribution in [0.3, 0.4) is 0 Å². The van der Waals surface area contributed by atoms with Crippen molar-refractivity contribution < 1.29 is 14.7 Å². The molecule has 118 valence electrons. The Morgan fingerprint density at radius 2 is 1.90 bits per heavy atom. The fourth-order valence-electron chi connectivity index (χ4n) is 4.77. The van der Waals surface area contributed by atoms with E-state index in [2.05, 4.69) is 26.1 Å². The Bertz CT molecular complexity index is 467. The summed E-state index contributed by atoms with van der Waals surface area (Å²) in [6.07, 6.45) is 5.43. The SMILES string of the molecule is CC12CCC(C1)C(C)(C)C2NC(=O)N(CC(=O)O)C1CC1. The maximum atomic E-state index is 12.6. The van der Waals surface area contributed by atoms with E-state index in [0.717, 1.165) is 19.3 Å². The molecular formula is C16H26N2O3. The predicted octanol–water partition coefficient (Wildman–Crippen LogP) is 2.46. The third kappa shape index (κ3) is 2.40. The van der Waals surface area contributed by atoms with Gasteiger partial charge in [0.05, 0.1) is 0 Å². The van der Waals surface area contributed by atoms with Gasteiger partial charge in [-0.1, -0.05) is 20.8 Å². The summed E-state index contributed by atoms with van der Waals surface area (Å²) in [7, 11) is 0. The maximum absolute atomic E-state index is 12.6. The number of aliphatic carboxylic acids is 1. The van der Waals surface area contributed by atoms with Crippen LogP contribution in [0.25, 0.3) is 0 Å². The molecule has 2 N–H and O–H groups in total. The van der Waals surface area contributed by atoms with Crippen molar-refractivity contribution in [1.82, 2.24) is 10.2 Å². The van der Waals surface area contributed by atoms with Gasteiger partial charge in [-0.05, 0) is 48.9 Å². The molecule has 2 bridgehead atoms. The Morgan fingerprint density at radius 1 is 1.24 bits per heavy atom. The zero-order valence-electron chi connectivity index (χ0n) is 13.2. The lowest BCUT2D eigenvalue weighted by Gasteiger charge is -2.43. The molecule has 0 heterocycles. The van der Waals surface area contributed by atoms with Crippen LogP contribution in [0.15, 0.2) is 0 Å². The first kappa shape index (κ1) is 14.7. The van der Waals surface area contributed by atoms with Gasteiger partial charge in [-0.15, -0.1) is 0 Å². The van der Waals surface area contributed by atoms with E-state index in [9.17, 15) is 9.59 Å². The molecule has 0 aromatic carbocycles. The van der Waals surface area contributed by atoms with Gasteiger partial charge in [0.25, 0.3) is 0 Å². The average Bonchev–Trinajstić information content (AvgIpc) is 3.10. The van der Waals surface area contributed by atoms with Crippen molar-refractivity contribution in [1.29, 1.82) is 0 Å². The maximum Gasteiger partial charge on any atom is 0.323 e. The number of urea groups is 1. The lowest BCUT2D eigenvalue weighted by atomic mass is 9.68. The zero-order valence-corrected chi connectivity index (χ0v) is 13.2. The van der Waals surface area contributed by atoms with Crippen molar-refractivity contribution in [2.75, 3.05) is 6.54 Å². The second-order valence-corrected chi connectivity index (χ2v) is 8.05. The molecule has 5 heteroatoms. The van der Waals surface area contributed by atoms with Crippen LogP contribution in [0.1, 0.15) is 52.9 Å². The van der Waals surface area contributed by atoms with E-state index in [1.807, 2.05) is 0 Å². The summed E-state index contributed by atoms with van der Waals surface area (Å²) in [6, 6.07) is 0.0775. The predicted molar refractivity (Wildman–Crippen MR) is 78.9 cm³/mol. The third-order valence-electron chi connectivity index (χ3n) is 6.09. The number of fused-ring (bicyclic) bond motifs is 2. The smallest absolute Gasteiger partial charge is 0.323 e. The van der Waals surface area contributed by atoms with Gasteiger partial charge in [-0.3, -0.25) is 4.79 Å². The fraction of sp³-hybridized carbons (Fsp3) is 0.875. The molecule has 3 fully saturated rings. The Hall–Kier alpha value is -1.26. The third-order valence-corrected chi connectivity index (χ3v) is 6.09. The summed E-state index contributed by atoms with van der Waals surface area (Å²) in [6.45, 7) is 6.56. The minimum atomic E-state index is -0.935. The van der Waals surface area contributed by atoms with Crippen molar-refractivity contribution in [3.8, 4) is 0 Å². The number of carboxylic acids is 1. The number of carbonyl (C=O) groups is 2. The van der Waals surface area contributed by atoms with Crippen LogP contribution in [-0.2, 0) is 4.79 Å². The first-order valence-corrected chi connectivity index (χ1v) is 8.03. The van der Waals surface area contributed by atoms with Crippen LogP contribution in [0.4, 0.5) is 4.79 Å². The molecule has 0 saturated heterocycles. The van der Waals surface area contributed by atoms with Gasteiger partial charge in [0.15, 0.2) is 0 Å². The van der Waals surface area contributed by atoms with Crippen molar-refractivity contribution in [3.05, 3.63) is 0 Å². The van der Waals surface area contributed by atoms with E-state index >= 15 is 0 Å². The molecule has 0 spiro atoms. The van der Waals surface area contributed by atoms with Crippen molar-refractivity contribution >= 4 is 12.0 Å². The highest BCUT2D eigenvalue weighted by Crippen LogP contribution is 2.62. The number of amides is 2. The normalized spacial score (nSPS) is 36.5. The highest BCUT2D eigenvalue weighted by Gasteiger charge is 2.60. The molecule has 0 radical (unpaired) electrons. The monoisotopic (exact) mass is 294 g/mol. The van der Waals surface area contributed by atoms with Gasteiger partial charge < -0.3 is 15.3 Å². The van der Waals surface area contributed by atoms with Gasteiger partial charge in [0.2, 0.25) is 0 Å². The number of nitrogens with zero attached hydrogens (tertiary/aromatic N) is 1. The topological polar surface area (TPSA) is 69.6 Å². The van der Waals surface area contributed by atoms with Gasteiger partial charge in [0, 0.05) is 12.1 Å². The second-order valence-electron chi connectivity index (χ2n) is 8.05. The van der Waals surface area contributed by atoms with Crippen LogP contribution in [0.5, 0.6) is 0 Å². The van der Waals surface area contributed by atoms with E-state index < -0.39 is 5.97 Å². The van der Waals surface area contributed by atoms with Crippen LogP contribution in [0.2, 0.25) is 0 Å². The Labute approximate surface area is 126 Å². The number of nitrogens with one attached hydrogen (secondary N) is 1. The molecule has 21 heavy (non-hydrogen) atoms. The standard InChI is InChI=1S/C16H26N2O3/c1-15(2)10-6-7-16(3,8-10)13(15)17-14(21)18(9-12(19)20)11-4-5-11/h10-11,13H,4-9H2,1-3H3,(H,17,21)(H,19,20). The quantitative estimate of drug-likeness (QED) is 0.837. The largest absolute Gasteiger partial charge is 0.480 e. The first-order valence-electron chi connectivity index (χ1n) is 8.03. The van der Waals surface area contributed by atoms with Crippen molar-refractivity contribution in [2.45, 2.75) is 65.0 Å². The molecule has 0 aliphatic heterocycles. The van der Waals surface area contributed by atoms with Crippen LogP contribution in [-0.4, -0.2) is 40.6 Å². The molecule has 3 aliphatic rings.